The highest BCUT2D eigenvalue weighted by Crippen LogP contribution is 2.20. The van der Waals surface area contributed by atoms with Gasteiger partial charge in [-0.25, -0.2) is 0 Å². The maximum atomic E-state index is 5.78. The average molecular weight is 264 g/mol. The van der Waals surface area contributed by atoms with Crippen molar-refractivity contribution >= 4 is 5.69 Å². The third kappa shape index (κ3) is 5.62. The maximum Gasteiger partial charge on any atom is 0.0664 e. The standard InChI is InChI=1S/C16H28N2O/c1-6-10-17-16(12-19-13(2)3)14-8-7-9-15(11-14)18(4)5/h7-9,11,13,16-17H,6,10,12H2,1-5H3. The molecule has 1 aromatic rings. The van der Waals surface area contributed by atoms with Gasteiger partial charge in [-0.2, -0.15) is 0 Å². The van der Waals surface area contributed by atoms with Crippen LogP contribution >= 0.6 is 0 Å². The summed E-state index contributed by atoms with van der Waals surface area (Å²) in [5.74, 6) is 0. The van der Waals surface area contributed by atoms with Crippen LogP contribution in [0.3, 0.4) is 0 Å². The molecule has 0 saturated heterocycles. The zero-order valence-electron chi connectivity index (χ0n) is 12.9. The second kappa shape index (κ2) is 8.18. The molecular formula is C16H28N2O. The summed E-state index contributed by atoms with van der Waals surface area (Å²) in [6.07, 6.45) is 1.40. The lowest BCUT2D eigenvalue weighted by Gasteiger charge is -2.22. The number of nitrogens with zero attached hydrogens (tertiary/aromatic N) is 1. The summed E-state index contributed by atoms with van der Waals surface area (Å²) in [4.78, 5) is 2.13. The Hall–Kier alpha value is -1.06. The Kier molecular flexibility index (Phi) is 6.89. The van der Waals surface area contributed by atoms with Gasteiger partial charge in [0.1, 0.15) is 0 Å². The van der Waals surface area contributed by atoms with Gasteiger partial charge in [-0.1, -0.05) is 19.1 Å². The molecule has 3 nitrogen and oxygen atoms in total. The fourth-order valence-corrected chi connectivity index (χ4v) is 1.90. The molecule has 19 heavy (non-hydrogen) atoms. The van der Waals surface area contributed by atoms with Gasteiger partial charge in [-0.05, 0) is 44.5 Å². The number of benzene rings is 1. The van der Waals surface area contributed by atoms with Crippen LogP contribution in [0.5, 0.6) is 0 Å². The molecule has 1 rings (SSSR count). The highest BCUT2D eigenvalue weighted by atomic mass is 16.5. The smallest absolute Gasteiger partial charge is 0.0664 e. The number of hydrogen-bond donors (Lipinski definition) is 1. The minimum Gasteiger partial charge on any atom is -0.378 e. The third-order valence-corrected chi connectivity index (χ3v) is 3.03. The molecule has 0 fully saturated rings. The molecule has 1 aromatic carbocycles. The first-order valence-corrected chi connectivity index (χ1v) is 7.16. The molecule has 1 unspecified atom stereocenters. The van der Waals surface area contributed by atoms with Gasteiger partial charge < -0.3 is 15.0 Å². The number of rotatable bonds is 8. The van der Waals surface area contributed by atoms with E-state index in [4.69, 9.17) is 4.74 Å². The zero-order chi connectivity index (χ0) is 14.3. The number of anilines is 1. The molecule has 0 amide bonds. The Bertz CT molecular complexity index is 364. The van der Waals surface area contributed by atoms with Crippen molar-refractivity contribution in [2.24, 2.45) is 0 Å². The predicted molar refractivity (Wildman–Crippen MR) is 82.9 cm³/mol. The van der Waals surface area contributed by atoms with Crippen molar-refractivity contribution in [1.29, 1.82) is 0 Å². The van der Waals surface area contributed by atoms with Crippen molar-refractivity contribution in [2.75, 3.05) is 32.1 Å². The van der Waals surface area contributed by atoms with Crippen LogP contribution < -0.4 is 10.2 Å². The van der Waals surface area contributed by atoms with Gasteiger partial charge in [0, 0.05) is 19.8 Å². The van der Waals surface area contributed by atoms with Crippen LogP contribution in [0.1, 0.15) is 38.8 Å². The van der Waals surface area contributed by atoms with Crippen molar-refractivity contribution in [3.8, 4) is 0 Å². The van der Waals surface area contributed by atoms with E-state index in [-0.39, 0.29) is 12.1 Å². The summed E-state index contributed by atoms with van der Waals surface area (Å²) in [5, 5.41) is 3.56. The van der Waals surface area contributed by atoms with E-state index in [9.17, 15) is 0 Å². The highest BCUT2D eigenvalue weighted by molar-refractivity contribution is 5.47. The first kappa shape index (κ1) is 16.0. The van der Waals surface area contributed by atoms with Gasteiger partial charge in [0.05, 0.1) is 18.8 Å². The first-order chi connectivity index (χ1) is 9.04. The fraction of sp³-hybridized carbons (Fsp3) is 0.625. The van der Waals surface area contributed by atoms with Crippen molar-refractivity contribution < 1.29 is 4.74 Å². The van der Waals surface area contributed by atoms with E-state index in [1.165, 1.54) is 11.3 Å². The molecule has 0 spiro atoms. The highest BCUT2D eigenvalue weighted by Gasteiger charge is 2.12. The van der Waals surface area contributed by atoms with Crippen molar-refractivity contribution in [3.63, 3.8) is 0 Å². The third-order valence-electron chi connectivity index (χ3n) is 3.03. The van der Waals surface area contributed by atoms with E-state index in [0.29, 0.717) is 6.61 Å². The largest absolute Gasteiger partial charge is 0.378 e. The Morgan fingerprint density at radius 2 is 2.00 bits per heavy atom. The number of hydrogen-bond acceptors (Lipinski definition) is 3. The van der Waals surface area contributed by atoms with Crippen molar-refractivity contribution in [2.45, 2.75) is 39.3 Å². The van der Waals surface area contributed by atoms with E-state index in [1.807, 2.05) is 0 Å². The zero-order valence-corrected chi connectivity index (χ0v) is 12.9. The lowest BCUT2D eigenvalue weighted by Crippen LogP contribution is -2.27. The first-order valence-electron chi connectivity index (χ1n) is 7.16. The average Bonchev–Trinajstić information content (AvgIpc) is 2.38. The summed E-state index contributed by atoms with van der Waals surface area (Å²) in [5.41, 5.74) is 2.52. The molecule has 0 radical (unpaired) electrons. The van der Waals surface area contributed by atoms with Crippen LogP contribution in [0.2, 0.25) is 0 Å². The second-order valence-electron chi connectivity index (χ2n) is 5.38. The van der Waals surface area contributed by atoms with Gasteiger partial charge in [0.15, 0.2) is 0 Å². The lowest BCUT2D eigenvalue weighted by molar-refractivity contribution is 0.0611. The molecule has 0 heterocycles. The molecular weight excluding hydrogens is 236 g/mol. The molecule has 1 atom stereocenters. The van der Waals surface area contributed by atoms with E-state index in [0.717, 1.165) is 13.0 Å². The molecule has 3 heteroatoms. The van der Waals surface area contributed by atoms with Gasteiger partial charge >= 0.3 is 0 Å². The monoisotopic (exact) mass is 264 g/mol. The summed E-state index contributed by atoms with van der Waals surface area (Å²) in [7, 11) is 4.14. The molecule has 0 aliphatic rings. The van der Waals surface area contributed by atoms with Crippen LogP contribution in [-0.2, 0) is 4.74 Å². The molecule has 108 valence electrons. The van der Waals surface area contributed by atoms with E-state index in [1.54, 1.807) is 0 Å². The quantitative estimate of drug-likeness (QED) is 0.780. The second-order valence-corrected chi connectivity index (χ2v) is 5.38. The lowest BCUT2D eigenvalue weighted by atomic mass is 10.1. The van der Waals surface area contributed by atoms with Crippen molar-refractivity contribution in [1.82, 2.24) is 5.32 Å². The van der Waals surface area contributed by atoms with Gasteiger partial charge in [0.25, 0.3) is 0 Å². The Morgan fingerprint density at radius 3 is 2.58 bits per heavy atom. The molecule has 0 aromatic heterocycles. The number of ether oxygens (including phenoxy) is 1. The SMILES string of the molecule is CCCNC(COC(C)C)c1cccc(N(C)C)c1. The Balaban J connectivity index is 2.79. The normalized spacial score (nSPS) is 12.7. The van der Waals surface area contributed by atoms with Crippen LogP contribution in [0.15, 0.2) is 24.3 Å². The van der Waals surface area contributed by atoms with Gasteiger partial charge in [-0.15, -0.1) is 0 Å². The Morgan fingerprint density at radius 1 is 1.26 bits per heavy atom. The maximum absolute atomic E-state index is 5.78. The van der Waals surface area contributed by atoms with Crippen LogP contribution in [-0.4, -0.2) is 33.4 Å². The summed E-state index contributed by atoms with van der Waals surface area (Å²) < 4.78 is 5.78. The van der Waals surface area contributed by atoms with Crippen molar-refractivity contribution in [3.05, 3.63) is 29.8 Å². The predicted octanol–water partition coefficient (Wildman–Crippen LogP) is 3.22. The minimum absolute atomic E-state index is 0.266. The van der Waals surface area contributed by atoms with Gasteiger partial charge in [0.2, 0.25) is 0 Å². The van der Waals surface area contributed by atoms with E-state index < -0.39 is 0 Å². The fourth-order valence-electron chi connectivity index (χ4n) is 1.90. The minimum atomic E-state index is 0.266. The van der Waals surface area contributed by atoms with Crippen LogP contribution in [0.4, 0.5) is 5.69 Å². The molecule has 1 N–H and O–H groups in total. The molecule has 0 bridgehead atoms. The molecule has 0 aliphatic carbocycles. The molecule has 0 saturated carbocycles. The van der Waals surface area contributed by atoms with Crippen LogP contribution in [0, 0.1) is 0 Å². The topological polar surface area (TPSA) is 24.5 Å². The number of nitrogens with one attached hydrogen (secondary N) is 1. The summed E-state index contributed by atoms with van der Waals surface area (Å²) in [6, 6.07) is 8.91. The van der Waals surface area contributed by atoms with E-state index in [2.05, 4.69) is 69.3 Å². The summed E-state index contributed by atoms with van der Waals surface area (Å²) >= 11 is 0. The van der Waals surface area contributed by atoms with E-state index >= 15 is 0 Å². The van der Waals surface area contributed by atoms with Crippen LogP contribution in [0.25, 0.3) is 0 Å². The molecule has 0 aliphatic heterocycles. The Labute approximate surface area is 118 Å². The summed E-state index contributed by atoms with van der Waals surface area (Å²) in [6.45, 7) is 8.07. The van der Waals surface area contributed by atoms with Gasteiger partial charge in [-0.3, -0.25) is 0 Å².